The van der Waals surface area contributed by atoms with Crippen molar-refractivity contribution in [2.75, 3.05) is 7.11 Å². The van der Waals surface area contributed by atoms with Crippen LogP contribution in [0.5, 0.6) is 11.5 Å². The van der Waals surface area contributed by atoms with Gasteiger partial charge in [0.2, 0.25) is 0 Å². The lowest BCUT2D eigenvalue weighted by atomic mass is 10.2. The molecule has 0 unspecified atom stereocenters. The minimum absolute atomic E-state index is 0.762. The van der Waals surface area contributed by atoms with Gasteiger partial charge >= 0.3 is 0 Å². The van der Waals surface area contributed by atoms with E-state index >= 15 is 0 Å². The van der Waals surface area contributed by atoms with E-state index < -0.39 is 0 Å². The quantitative estimate of drug-likeness (QED) is 0.685. The zero-order chi connectivity index (χ0) is 9.26. The highest BCUT2D eigenvalue weighted by atomic mass is 32.2. The molecule has 1 heterocycles. The Hall–Kier alpha value is -1.09. The molecule has 0 saturated carbocycles. The molecule has 0 atom stereocenters. The highest BCUT2D eigenvalue weighted by Gasteiger charge is 2.13. The third-order valence-electron chi connectivity index (χ3n) is 1.88. The molecular weight excluding hydrogens is 184 g/mol. The maximum absolute atomic E-state index is 5.44. The fourth-order valence-electron chi connectivity index (χ4n) is 1.21. The maximum atomic E-state index is 5.44. The van der Waals surface area contributed by atoms with Crippen molar-refractivity contribution in [3.8, 4) is 11.5 Å². The lowest BCUT2D eigenvalue weighted by Gasteiger charge is -2.18. The van der Waals surface area contributed by atoms with Crippen molar-refractivity contribution in [1.29, 1.82) is 0 Å². The number of hydrogen-bond donors (Lipinski definition) is 0. The van der Waals surface area contributed by atoms with Gasteiger partial charge in [0.05, 0.1) is 7.11 Å². The maximum Gasteiger partial charge on any atom is 0.153 e. The average Bonchev–Trinajstić information content (AvgIpc) is 2.17. The van der Waals surface area contributed by atoms with Gasteiger partial charge in [-0.05, 0) is 24.8 Å². The highest BCUT2D eigenvalue weighted by molar-refractivity contribution is 8.02. The third kappa shape index (κ3) is 1.65. The number of methoxy groups -OCH3 is 1. The van der Waals surface area contributed by atoms with Crippen LogP contribution in [0.25, 0.3) is 0 Å². The molecule has 0 radical (unpaired) electrons. The topological polar surface area (TPSA) is 18.5 Å². The first kappa shape index (κ1) is 8.51. The van der Waals surface area contributed by atoms with Gasteiger partial charge < -0.3 is 9.47 Å². The second kappa shape index (κ2) is 3.34. The van der Waals surface area contributed by atoms with Crippen molar-refractivity contribution in [3.05, 3.63) is 35.4 Å². The second-order valence-electron chi connectivity index (χ2n) is 2.74. The van der Waals surface area contributed by atoms with E-state index in [-0.39, 0.29) is 0 Å². The Morgan fingerprint density at radius 3 is 3.15 bits per heavy atom. The standard InChI is InChI=1S/C10H10O2S/c1-7-12-10-4-3-9(11-2)5-8(10)6-13-7/h3-5H,1,6H2,2H3. The molecule has 68 valence electrons. The molecule has 2 nitrogen and oxygen atoms in total. The summed E-state index contributed by atoms with van der Waals surface area (Å²) in [6, 6.07) is 5.80. The van der Waals surface area contributed by atoms with Crippen LogP contribution in [-0.4, -0.2) is 7.11 Å². The van der Waals surface area contributed by atoms with Crippen molar-refractivity contribution in [3.63, 3.8) is 0 Å². The minimum atomic E-state index is 0.762. The molecule has 0 aliphatic carbocycles. The Kier molecular flexibility index (Phi) is 2.19. The van der Waals surface area contributed by atoms with Crippen LogP contribution in [-0.2, 0) is 5.75 Å². The van der Waals surface area contributed by atoms with Gasteiger partial charge in [0.15, 0.2) is 5.09 Å². The number of hydrogen-bond acceptors (Lipinski definition) is 3. The zero-order valence-electron chi connectivity index (χ0n) is 7.37. The molecule has 3 heteroatoms. The molecule has 13 heavy (non-hydrogen) atoms. The van der Waals surface area contributed by atoms with Gasteiger partial charge in [-0.2, -0.15) is 0 Å². The van der Waals surface area contributed by atoms with E-state index in [0.29, 0.717) is 0 Å². The van der Waals surface area contributed by atoms with Crippen LogP contribution < -0.4 is 9.47 Å². The lowest BCUT2D eigenvalue weighted by molar-refractivity contribution is 0.410. The molecule has 1 aliphatic rings. The van der Waals surface area contributed by atoms with Crippen molar-refractivity contribution in [2.24, 2.45) is 0 Å². The van der Waals surface area contributed by atoms with Crippen LogP contribution in [0.2, 0.25) is 0 Å². The molecule has 0 aromatic heterocycles. The van der Waals surface area contributed by atoms with Gasteiger partial charge in [-0.1, -0.05) is 11.8 Å². The van der Waals surface area contributed by atoms with Gasteiger partial charge in [0.25, 0.3) is 0 Å². The van der Waals surface area contributed by atoms with Crippen LogP contribution in [0.15, 0.2) is 29.9 Å². The van der Waals surface area contributed by atoms with Crippen LogP contribution >= 0.6 is 11.8 Å². The van der Waals surface area contributed by atoms with Crippen molar-refractivity contribution in [1.82, 2.24) is 0 Å². The number of benzene rings is 1. The number of rotatable bonds is 1. The molecule has 0 amide bonds. The molecule has 0 N–H and O–H groups in total. The van der Waals surface area contributed by atoms with Gasteiger partial charge in [0, 0.05) is 11.3 Å². The SMILES string of the molecule is C=C1Oc2ccc(OC)cc2CS1. The first-order valence-corrected chi connectivity index (χ1v) is 4.94. The number of ether oxygens (including phenoxy) is 2. The van der Waals surface area contributed by atoms with E-state index in [4.69, 9.17) is 9.47 Å². The fraction of sp³-hybridized carbons (Fsp3) is 0.200. The molecular formula is C10H10O2S. The number of thioether (sulfide) groups is 1. The highest BCUT2D eigenvalue weighted by Crippen LogP contribution is 2.36. The van der Waals surface area contributed by atoms with Gasteiger partial charge in [-0.3, -0.25) is 0 Å². The summed E-state index contributed by atoms with van der Waals surface area (Å²) in [5.74, 6) is 2.67. The minimum Gasteiger partial charge on any atom is -0.497 e. The molecule has 0 fully saturated rings. The lowest BCUT2D eigenvalue weighted by Crippen LogP contribution is -2.00. The van der Waals surface area contributed by atoms with Crippen molar-refractivity contribution >= 4 is 11.8 Å². The van der Waals surface area contributed by atoms with E-state index in [1.807, 2.05) is 18.2 Å². The van der Waals surface area contributed by atoms with Gasteiger partial charge in [-0.25, -0.2) is 0 Å². The van der Waals surface area contributed by atoms with E-state index in [0.717, 1.165) is 27.9 Å². The normalized spacial score (nSPS) is 14.7. The van der Waals surface area contributed by atoms with E-state index in [1.165, 1.54) is 0 Å². The predicted molar refractivity (Wildman–Crippen MR) is 54.1 cm³/mol. The second-order valence-corrected chi connectivity index (χ2v) is 3.77. The molecule has 2 rings (SSSR count). The summed E-state index contributed by atoms with van der Waals surface area (Å²) >= 11 is 1.61. The molecule has 1 aromatic carbocycles. The van der Waals surface area contributed by atoms with E-state index in [1.54, 1.807) is 18.9 Å². The van der Waals surface area contributed by atoms with Crippen LogP contribution in [0.3, 0.4) is 0 Å². The molecule has 0 spiro atoms. The number of fused-ring (bicyclic) bond motifs is 1. The summed E-state index contributed by atoms with van der Waals surface area (Å²) in [5.41, 5.74) is 1.16. The van der Waals surface area contributed by atoms with E-state index in [9.17, 15) is 0 Å². The Morgan fingerprint density at radius 1 is 1.54 bits per heavy atom. The Balaban J connectivity index is 2.36. The molecule has 0 saturated heterocycles. The summed E-state index contributed by atoms with van der Waals surface area (Å²) in [4.78, 5) is 0. The van der Waals surface area contributed by atoms with E-state index in [2.05, 4.69) is 6.58 Å². The van der Waals surface area contributed by atoms with Crippen LogP contribution in [0.4, 0.5) is 0 Å². The van der Waals surface area contributed by atoms with Gasteiger partial charge in [-0.15, -0.1) is 0 Å². The first-order valence-electron chi connectivity index (χ1n) is 3.96. The Bertz CT molecular complexity index is 347. The predicted octanol–water partition coefficient (Wildman–Crippen LogP) is 2.79. The fourth-order valence-corrected chi connectivity index (χ4v) is 1.90. The monoisotopic (exact) mass is 194 g/mol. The average molecular weight is 194 g/mol. The Labute approximate surface area is 81.5 Å². The summed E-state index contributed by atoms with van der Waals surface area (Å²) < 4.78 is 10.6. The first-order chi connectivity index (χ1) is 6.29. The Morgan fingerprint density at radius 2 is 2.38 bits per heavy atom. The largest absolute Gasteiger partial charge is 0.497 e. The molecule has 0 bridgehead atoms. The summed E-state index contributed by atoms with van der Waals surface area (Å²) in [5, 5.41) is 0.762. The summed E-state index contributed by atoms with van der Waals surface area (Å²) in [6.07, 6.45) is 0. The third-order valence-corrected chi connectivity index (χ3v) is 2.74. The van der Waals surface area contributed by atoms with Crippen molar-refractivity contribution in [2.45, 2.75) is 5.75 Å². The van der Waals surface area contributed by atoms with Crippen molar-refractivity contribution < 1.29 is 9.47 Å². The van der Waals surface area contributed by atoms with Crippen LogP contribution in [0, 0.1) is 0 Å². The molecule has 1 aliphatic heterocycles. The smallest absolute Gasteiger partial charge is 0.153 e. The summed E-state index contributed by atoms with van der Waals surface area (Å²) in [7, 11) is 1.66. The van der Waals surface area contributed by atoms with Crippen LogP contribution in [0.1, 0.15) is 5.56 Å². The molecule has 1 aromatic rings. The zero-order valence-corrected chi connectivity index (χ0v) is 8.19. The van der Waals surface area contributed by atoms with Gasteiger partial charge in [0.1, 0.15) is 11.5 Å². The summed E-state index contributed by atoms with van der Waals surface area (Å²) in [6.45, 7) is 3.77.